The summed E-state index contributed by atoms with van der Waals surface area (Å²) in [5.74, 6) is -0.263. The van der Waals surface area contributed by atoms with Crippen LogP contribution in [0.15, 0.2) is 12.4 Å². The highest BCUT2D eigenvalue weighted by Crippen LogP contribution is 2.39. The molecule has 0 atom stereocenters. The van der Waals surface area contributed by atoms with Crippen LogP contribution in [0.1, 0.15) is 35.8 Å². The zero-order valence-electron chi connectivity index (χ0n) is 9.55. The molecule has 0 radical (unpaired) electrons. The number of carbonyl (C=O) groups is 1. The summed E-state index contributed by atoms with van der Waals surface area (Å²) in [6, 6.07) is 1.97. The third kappa shape index (κ3) is 1.77. The van der Waals surface area contributed by atoms with Gasteiger partial charge < -0.3 is 5.11 Å². The highest BCUT2D eigenvalue weighted by Gasteiger charge is 2.25. The standard InChI is InChI=1S/C12H13N3O2/c1-7-10(5-12(16)17)15-6-13-9(8-2-3-8)4-11(15)14-7/h4,6,8H,2-3,5H2,1H3,(H,16,17). The van der Waals surface area contributed by atoms with Gasteiger partial charge in [0.25, 0.3) is 0 Å². The molecule has 1 N–H and O–H groups in total. The van der Waals surface area contributed by atoms with Crippen molar-refractivity contribution >= 4 is 11.6 Å². The molecule has 3 rings (SSSR count). The zero-order valence-corrected chi connectivity index (χ0v) is 9.55. The average Bonchev–Trinajstić information content (AvgIpc) is 3.06. The highest BCUT2D eigenvalue weighted by atomic mass is 16.4. The number of aromatic nitrogens is 3. The van der Waals surface area contributed by atoms with Crippen LogP contribution in [0.2, 0.25) is 0 Å². The number of rotatable bonds is 3. The maximum absolute atomic E-state index is 10.8. The molecular weight excluding hydrogens is 218 g/mol. The Balaban J connectivity index is 2.10. The Hall–Kier alpha value is -1.91. The monoisotopic (exact) mass is 231 g/mol. The summed E-state index contributed by atoms with van der Waals surface area (Å²) in [5.41, 5.74) is 3.35. The Morgan fingerprint density at radius 2 is 2.35 bits per heavy atom. The molecule has 2 aromatic rings. The minimum absolute atomic E-state index is 0.0164. The summed E-state index contributed by atoms with van der Waals surface area (Å²) < 4.78 is 1.77. The number of nitrogens with zero attached hydrogens (tertiary/aromatic N) is 3. The van der Waals surface area contributed by atoms with Crippen LogP contribution in [0, 0.1) is 6.92 Å². The van der Waals surface area contributed by atoms with Crippen molar-refractivity contribution in [1.29, 1.82) is 0 Å². The van der Waals surface area contributed by atoms with E-state index in [1.54, 1.807) is 10.7 Å². The van der Waals surface area contributed by atoms with Gasteiger partial charge >= 0.3 is 5.97 Å². The fraction of sp³-hybridized carbons (Fsp3) is 0.417. The normalized spacial score (nSPS) is 15.4. The largest absolute Gasteiger partial charge is 0.481 e. The molecule has 0 aromatic carbocycles. The van der Waals surface area contributed by atoms with Crippen LogP contribution in [0.4, 0.5) is 0 Å². The molecule has 0 spiro atoms. The molecule has 0 aliphatic heterocycles. The lowest BCUT2D eigenvalue weighted by atomic mass is 10.2. The molecule has 2 aromatic heterocycles. The molecular formula is C12H13N3O2. The first-order valence-electron chi connectivity index (χ1n) is 5.70. The molecule has 5 heteroatoms. The summed E-state index contributed by atoms with van der Waals surface area (Å²) in [5, 5.41) is 8.86. The first-order valence-corrected chi connectivity index (χ1v) is 5.70. The van der Waals surface area contributed by atoms with E-state index in [9.17, 15) is 4.79 Å². The number of aryl methyl sites for hydroxylation is 1. The maximum atomic E-state index is 10.8. The lowest BCUT2D eigenvalue weighted by molar-refractivity contribution is -0.136. The highest BCUT2D eigenvalue weighted by molar-refractivity contribution is 5.70. The van der Waals surface area contributed by atoms with Gasteiger partial charge in [-0.05, 0) is 19.8 Å². The van der Waals surface area contributed by atoms with Crippen molar-refractivity contribution < 1.29 is 9.90 Å². The Morgan fingerprint density at radius 3 is 3.00 bits per heavy atom. The number of hydrogen-bond acceptors (Lipinski definition) is 3. The van der Waals surface area contributed by atoms with Crippen LogP contribution < -0.4 is 0 Å². The van der Waals surface area contributed by atoms with Gasteiger partial charge in [-0.3, -0.25) is 9.20 Å². The number of carboxylic acid groups (broad SMARTS) is 1. The predicted octanol–water partition coefficient (Wildman–Crippen LogP) is 1.54. The summed E-state index contributed by atoms with van der Waals surface area (Å²) >= 11 is 0. The molecule has 0 unspecified atom stereocenters. The third-order valence-electron chi connectivity index (χ3n) is 3.15. The average molecular weight is 231 g/mol. The fourth-order valence-corrected chi connectivity index (χ4v) is 2.09. The molecule has 1 aliphatic carbocycles. The van der Waals surface area contributed by atoms with E-state index in [0.717, 1.165) is 17.0 Å². The molecule has 5 nitrogen and oxygen atoms in total. The van der Waals surface area contributed by atoms with Gasteiger partial charge in [-0.25, -0.2) is 9.97 Å². The van der Waals surface area contributed by atoms with Crippen LogP contribution in [0.5, 0.6) is 0 Å². The molecule has 17 heavy (non-hydrogen) atoms. The van der Waals surface area contributed by atoms with Gasteiger partial charge in [-0.15, -0.1) is 0 Å². The van der Waals surface area contributed by atoms with Gasteiger partial charge in [0.15, 0.2) is 0 Å². The van der Waals surface area contributed by atoms with Gasteiger partial charge in [-0.1, -0.05) is 0 Å². The van der Waals surface area contributed by atoms with E-state index in [0.29, 0.717) is 11.6 Å². The van der Waals surface area contributed by atoms with Crippen molar-refractivity contribution in [2.24, 2.45) is 0 Å². The smallest absolute Gasteiger partial charge is 0.309 e. The first kappa shape index (κ1) is 10.3. The van der Waals surface area contributed by atoms with Crippen molar-refractivity contribution in [2.45, 2.75) is 32.1 Å². The molecule has 0 bridgehead atoms. The van der Waals surface area contributed by atoms with Crippen molar-refractivity contribution in [2.75, 3.05) is 0 Å². The van der Waals surface area contributed by atoms with Crippen molar-refractivity contribution in [3.05, 3.63) is 29.5 Å². The molecule has 1 aliphatic rings. The van der Waals surface area contributed by atoms with Crippen LogP contribution in [0.25, 0.3) is 5.65 Å². The van der Waals surface area contributed by atoms with Gasteiger partial charge in [-0.2, -0.15) is 0 Å². The molecule has 88 valence electrons. The fourth-order valence-electron chi connectivity index (χ4n) is 2.09. The minimum atomic E-state index is -0.846. The lowest BCUT2D eigenvalue weighted by Gasteiger charge is -2.01. The molecule has 1 saturated carbocycles. The summed E-state index contributed by atoms with van der Waals surface area (Å²) in [7, 11) is 0. The zero-order chi connectivity index (χ0) is 12.0. The Kier molecular flexibility index (Phi) is 2.14. The topological polar surface area (TPSA) is 67.5 Å². The predicted molar refractivity (Wildman–Crippen MR) is 61.0 cm³/mol. The number of hydrogen-bond donors (Lipinski definition) is 1. The van der Waals surface area contributed by atoms with E-state index in [1.165, 1.54) is 12.8 Å². The quantitative estimate of drug-likeness (QED) is 0.870. The van der Waals surface area contributed by atoms with Gasteiger partial charge in [0.05, 0.1) is 17.8 Å². The van der Waals surface area contributed by atoms with Crippen LogP contribution in [-0.2, 0) is 11.2 Å². The first-order chi connectivity index (χ1) is 8.15. The number of aliphatic carboxylic acids is 1. The second kappa shape index (κ2) is 3.55. The van der Waals surface area contributed by atoms with E-state index in [-0.39, 0.29) is 6.42 Å². The minimum Gasteiger partial charge on any atom is -0.481 e. The van der Waals surface area contributed by atoms with E-state index in [4.69, 9.17) is 5.11 Å². The Bertz CT molecular complexity index is 599. The van der Waals surface area contributed by atoms with Crippen molar-refractivity contribution in [3.63, 3.8) is 0 Å². The van der Waals surface area contributed by atoms with Crippen LogP contribution >= 0.6 is 0 Å². The second-order valence-electron chi connectivity index (χ2n) is 4.53. The SMILES string of the molecule is Cc1nc2cc(C3CC3)ncn2c1CC(=O)O. The summed E-state index contributed by atoms with van der Waals surface area (Å²) in [6.07, 6.45) is 4.08. The Morgan fingerprint density at radius 1 is 1.59 bits per heavy atom. The summed E-state index contributed by atoms with van der Waals surface area (Å²) in [4.78, 5) is 19.6. The number of fused-ring (bicyclic) bond motifs is 1. The number of carboxylic acids is 1. The van der Waals surface area contributed by atoms with Crippen molar-refractivity contribution in [1.82, 2.24) is 14.4 Å². The summed E-state index contributed by atoms with van der Waals surface area (Å²) in [6.45, 7) is 1.84. The third-order valence-corrected chi connectivity index (χ3v) is 3.15. The van der Waals surface area contributed by atoms with Gasteiger partial charge in [0.2, 0.25) is 0 Å². The van der Waals surface area contributed by atoms with E-state index in [2.05, 4.69) is 9.97 Å². The van der Waals surface area contributed by atoms with E-state index >= 15 is 0 Å². The molecule has 2 heterocycles. The van der Waals surface area contributed by atoms with Crippen molar-refractivity contribution in [3.8, 4) is 0 Å². The molecule has 1 fully saturated rings. The lowest BCUT2D eigenvalue weighted by Crippen LogP contribution is -2.05. The van der Waals surface area contributed by atoms with Gasteiger partial charge in [0, 0.05) is 17.7 Å². The molecule has 0 saturated heterocycles. The van der Waals surface area contributed by atoms with Crippen LogP contribution in [0.3, 0.4) is 0 Å². The molecule has 0 amide bonds. The number of imidazole rings is 1. The Labute approximate surface area is 98.1 Å². The van der Waals surface area contributed by atoms with E-state index in [1.807, 2.05) is 13.0 Å². The second-order valence-corrected chi connectivity index (χ2v) is 4.53. The maximum Gasteiger partial charge on any atom is 0.309 e. The van der Waals surface area contributed by atoms with Crippen LogP contribution in [-0.4, -0.2) is 25.4 Å². The van der Waals surface area contributed by atoms with Gasteiger partial charge in [0.1, 0.15) is 12.0 Å². The van der Waals surface area contributed by atoms with E-state index < -0.39 is 5.97 Å².